The van der Waals surface area contributed by atoms with Crippen molar-refractivity contribution in [2.45, 2.75) is 18.9 Å². The van der Waals surface area contributed by atoms with Gasteiger partial charge in [-0.3, -0.25) is 0 Å². The monoisotopic (exact) mass is 266 g/mol. The summed E-state index contributed by atoms with van der Waals surface area (Å²) >= 11 is 0. The average Bonchev–Trinajstić information content (AvgIpc) is 2.90. The van der Waals surface area contributed by atoms with Crippen LogP contribution in [0.2, 0.25) is 0 Å². The minimum absolute atomic E-state index is 0.331. The van der Waals surface area contributed by atoms with Crippen molar-refractivity contribution in [2.75, 3.05) is 39.8 Å². The van der Waals surface area contributed by atoms with Crippen LogP contribution in [0.15, 0.2) is 24.3 Å². The van der Waals surface area contributed by atoms with E-state index in [9.17, 15) is 9.50 Å². The second kappa shape index (κ2) is 6.98. The SMILES string of the molecule is CN(CCN1CCCC1)CC(O)c1ccccc1F. The molecule has 1 aromatic carbocycles. The van der Waals surface area contributed by atoms with Gasteiger partial charge in [-0.05, 0) is 39.0 Å². The predicted molar refractivity (Wildman–Crippen MR) is 74.5 cm³/mol. The largest absolute Gasteiger partial charge is 0.387 e. The molecule has 0 radical (unpaired) electrons. The molecule has 1 aliphatic rings. The molecule has 3 nitrogen and oxygen atoms in total. The molecular formula is C15H23FN2O. The Morgan fingerprint density at radius 3 is 2.68 bits per heavy atom. The normalized spacial score (nSPS) is 18.1. The fourth-order valence-electron chi connectivity index (χ4n) is 2.55. The number of hydrogen-bond donors (Lipinski definition) is 1. The van der Waals surface area contributed by atoms with Crippen LogP contribution in [0.3, 0.4) is 0 Å². The molecule has 1 unspecified atom stereocenters. The second-order valence-electron chi connectivity index (χ2n) is 5.35. The Kier molecular flexibility index (Phi) is 5.31. The topological polar surface area (TPSA) is 26.7 Å². The van der Waals surface area contributed by atoms with E-state index in [1.165, 1.54) is 32.0 Å². The Bertz CT molecular complexity index is 393. The second-order valence-corrected chi connectivity index (χ2v) is 5.35. The summed E-state index contributed by atoms with van der Waals surface area (Å²) in [7, 11) is 1.97. The molecule has 0 spiro atoms. The number of likely N-dealkylation sites (tertiary alicyclic amines) is 1. The summed E-state index contributed by atoms with van der Waals surface area (Å²) in [5, 5.41) is 10.1. The molecular weight excluding hydrogens is 243 g/mol. The lowest BCUT2D eigenvalue weighted by Crippen LogP contribution is -2.33. The standard InChI is InChI=1S/C15H23FN2O/c1-17(10-11-18-8-4-5-9-18)12-15(19)13-6-2-3-7-14(13)16/h2-3,6-7,15,19H,4-5,8-12H2,1H3. The van der Waals surface area contributed by atoms with Gasteiger partial charge in [-0.1, -0.05) is 18.2 Å². The van der Waals surface area contributed by atoms with Crippen LogP contribution in [0.4, 0.5) is 4.39 Å². The van der Waals surface area contributed by atoms with Crippen LogP contribution < -0.4 is 0 Å². The highest BCUT2D eigenvalue weighted by atomic mass is 19.1. The lowest BCUT2D eigenvalue weighted by Gasteiger charge is -2.23. The molecule has 1 fully saturated rings. The van der Waals surface area contributed by atoms with Gasteiger partial charge < -0.3 is 14.9 Å². The van der Waals surface area contributed by atoms with Crippen LogP contribution in [0.1, 0.15) is 24.5 Å². The third-order valence-electron chi connectivity index (χ3n) is 3.75. The van der Waals surface area contributed by atoms with Crippen molar-refractivity contribution in [3.8, 4) is 0 Å². The summed E-state index contributed by atoms with van der Waals surface area (Å²) in [5.74, 6) is -0.331. The van der Waals surface area contributed by atoms with E-state index in [1.807, 2.05) is 7.05 Å². The summed E-state index contributed by atoms with van der Waals surface area (Å²) in [5.41, 5.74) is 0.385. The Morgan fingerprint density at radius 1 is 1.32 bits per heavy atom. The molecule has 1 atom stereocenters. The number of halogens is 1. The van der Waals surface area contributed by atoms with Crippen LogP contribution in [0.5, 0.6) is 0 Å². The molecule has 1 aliphatic heterocycles. The third kappa shape index (κ3) is 4.27. The number of hydrogen-bond acceptors (Lipinski definition) is 3. The van der Waals surface area contributed by atoms with Gasteiger partial charge in [0, 0.05) is 25.2 Å². The van der Waals surface area contributed by atoms with Crippen molar-refractivity contribution in [1.82, 2.24) is 9.80 Å². The number of likely N-dealkylation sites (N-methyl/N-ethyl adjacent to an activating group) is 1. The van der Waals surface area contributed by atoms with E-state index in [2.05, 4.69) is 9.80 Å². The summed E-state index contributed by atoms with van der Waals surface area (Å²) < 4.78 is 13.5. The zero-order valence-electron chi connectivity index (χ0n) is 11.6. The molecule has 1 N–H and O–H groups in total. The number of nitrogens with zero attached hydrogens (tertiary/aromatic N) is 2. The van der Waals surface area contributed by atoms with Gasteiger partial charge in [-0.2, -0.15) is 0 Å². The Labute approximate surface area is 114 Å². The molecule has 0 aromatic heterocycles. The van der Waals surface area contributed by atoms with E-state index in [0.717, 1.165) is 13.1 Å². The fourth-order valence-corrected chi connectivity index (χ4v) is 2.55. The van der Waals surface area contributed by atoms with Crippen molar-refractivity contribution < 1.29 is 9.50 Å². The van der Waals surface area contributed by atoms with Gasteiger partial charge in [-0.25, -0.2) is 4.39 Å². The first-order valence-electron chi connectivity index (χ1n) is 7.00. The van der Waals surface area contributed by atoms with Crippen molar-refractivity contribution in [2.24, 2.45) is 0 Å². The van der Waals surface area contributed by atoms with Gasteiger partial charge in [0.1, 0.15) is 5.82 Å². The molecule has 4 heteroatoms. The minimum Gasteiger partial charge on any atom is -0.387 e. The molecule has 19 heavy (non-hydrogen) atoms. The number of aliphatic hydroxyl groups excluding tert-OH is 1. The number of rotatable bonds is 6. The Morgan fingerprint density at radius 2 is 2.00 bits per heavy atom. The first kappa shape index (κ1) is 14.4. The van der Waals surface area contributed by atoms with E-state index < -0.39 is 6.10 Å². The third-order valence-corrected chi connectivity index (χ3v) is 3.75. The number of aliphatic hydroxyl groups is 1. The van der Waals surface area contributed by atoms with E-state index >= 15 is 0 Å². The van der Waals surface area contributed by atoms with Gasteiger partial charge in [0.15, 0.2) is 0 Å². The van der Waals surface area contributed by atoms with Crippen molar-refractivity contribution in [1.29, 1.82) is 0 Å². The lowest BCUT2D eigenvalue weighted by molar-refractivity contribution is 0.118. The highest BCUT2D eigenvalue weighted by Gasteiger charge is 2.16. The molecule has 1 saturated heterocycles. The minimum atomic E-state index is -0.759. The quantitative estimate of drug-likeness (QED) is 0.852. The molecule has 0 aliphatic carbocycles. The van der Waals surface area contributed by atoms with Crippen LogP contribution in [0, 0.1) is 5.82 Å². The lowest BCUT2D eigenvalue weighted by atomic mass is 10.1. The number of benzene rings is 1. The molecule has 1 heterocycles. The molecule has 106 valence electrons. The molecule has 2 rings (SSSR count). The first-order valence-corrected chi connectivity index (χ1v) is 7.00. The highest BCUT2D eigenvalue weighted by Crippen LogP contribution is 2.17. The van der Waals surface area contributed by atoms with Crippen LogP contribution in [-0.4, -0.2) is 54.7 Å². The van der Waals surface area contributed by atoms with E-state index in [4.69, 9.17) is 0 Å². The van der Waals surface area contributed by atoms with Crippen LogP contribution in [-0.2, 0) is 0 Å². The zero-order chi connectivity index (χ0) is 13.7. The summed E-state index contributed by atoms with van der Waals surface area (Å²) in [4.78, 5) is 4.50. The molecule has 1 aromatic rings. The average molecular weight is 266 g/mol. The molecule has 0 saturated carbocycles. The first-order chi connectivity index (χ1) is 9.16. The fraction of sp³-hybridized carbons (Fsp3) is 0.600. The van der Waals surface area contributed by atoms with Gasteiger partial charge in [0.2, 0.25) is 0 Å². The van der Waals surface area contributed by atoms with Crippen molar-refractivity contribution >= 4 is 0 Å². The van der Waals surface area contributed by atoms with E-state index in [1.54, 1.807) is 18.2 Å². The van der Waals surface area contributed by atoms with Crippen LogP contribution in [0.25, 0.3) is 0 Å². The van der Waals surface area contributed by atoms with E-state index in [0.29, 0.717) is 12.1 Å². The molecule has 0 amide bonds. The van der Waals surface area contributed by atoms with Crippen molar-refractivity contribution in [3.63, 3.8) is 0 Å². The predicted octanol–water partition coefficient (Wildman–Crippen LogP) is 1.89. The summed E-state index contributed by atoms with van der Waals surface area (Å²) in [6, 6.07) is 6.44. The maximum Gasteiger partial charge on any atom is 0.129 e. The maximum absolute atomic E-state index is 13.5. The Hall–Kier alpha value is -0.970. The highest BCUT2D eigenvalue weighted by molar-refractivity contribution is 5.19. The van der Waals surface area contributed by atoms with Crippen LogP contribution >= 0.6 is 0 Å². The van der Waals surface area contributed by atoms with Gasteiger partial charge >= 0.3 is 0 Å². The zero-order valence-corrected chi connectivity index (χ0v) is 11.6. The molecule has 0 bridgehead atoms. The van der Waals surface area contributed by atoms with Crippen molar-refractivity contribution in [3.05, 3.63) is 35.6 Å². The summed E-state index contributed by atoms with van der Waals surface area (Å²) in [6.45, 7) is 4.77. The van der Waals surface area contributed by atoms with Gasteiger partial charge in [-0.15, -0.1) is 0 Å². The van der Waals surface area contributed by atoms with Gasteiger partial charge in [0.05, 0.1) is 6.10 Å². The maximum atomic E-state index is 13.5. The smallest absolute Gasteiger partial charge is 0.129 e. The Balaban J connectivity index is 1.78. The van der Waals surface area contributed by atoms with E-state index in [-0.39, 0.29) is 5.82 Å². The van der Waals surface area contributed by atoms with Gasteiger partial charge in [0.25, 0.3) is 0 Å². The summed E-state index contributed by atoms with van der Waals surface area (Å²) in [6.07, 6.45) is 1.83.